The van der Waals surface area contributed by atoms with Crippen LogP contribution in [0.5, 0.6) is 5.75 Å². The molecule has 0 spiro atoms. The van der Waals surface area contributed by atoms with Gasteiger partial charge in [0.05, 0.1) is 0 Å². The Morgan fingerprint density at radius 3 is 2.88 bits per heavy atom. The van der Waals surface area contributed by atoms with Gasteiger partial charge < -0.3 is 13.9 Å². The second-order valence-electron chi connectivity index (χ2n) is 5.89. The van der Waals surface area contributed by atoms with Crippen molar-refractivity contribution in [3.8, 4) is 5.75 Å². The Morgan fingerprint density at radius 2 is 2.08 bits per heavy atom. The van der Waals surface area contributed by atoms with Gasteiger partial charge in [0.25, 0.3) is 0 Å². The lowest BCUT2D eigenvalue weighted by atomic mass is 9.96. The maximum atomic E-state index is 11.8. The lowest BCUT2D eigenvalue weighted by molar-refractivity contribution is -0.158. The number of rotatable bonds is 4. The van der Waals surface area contributed by atoms with Crippen molar-refractivity contribution >= 4 is 22.7 Å². The minimum absolute atomic E-state index is 0.0300. The molecule has 1 aliphatic carbocycles. The molecule has 2 aromatic rings. The number of aryl methyl sites for hydroxylation is 1. The van der Waals surface area contributed by atoms with Gasteiger partial charge in [-0.1, -0.05) is 0 Å². The molecule has 0 unspecified atom stereocenters. The molecule has 1 aliphatic rings. The number of benzene rings is 1. The van der Waals surface area contributed by atoms with Crippen LogP contribution in [0.1, 0.15) is 31.2 Å². The molecule has 1 aromatic carbocycles. The van der Waals surface area contributed by atoms with Crippen molar-refractivity contribution in [3.63, 3.8) is 0 Å². The average molecular weight is 330 g/mol. The Hall–Kier alpha value is -2.63. The fourth-order valence-corrected chi connectivity index (χ4v) is 2.81. The van der Waals surface area contributed by atoms with Crippen LogP contribution in [-0.2, 0) is 14.3 Å². The summed E-state index contributed by atoms with van der Waals surface area (Å²) >= 11 is 0. The smallest absolute Gasteiger partial charge is 0.344 e. The predicted octanol–water partition coefficient (Wildman–Crippen LogP) is 2.54. The van der Waals surface area contributed by atoms with E-state index in [1.807, 2.05) is 6.92 Å². The van der Waals surface area contributed by atoms with Crippen molar-refractivity contribution < 1.29 is 23.5 Å². The monoisotopic (exact) mass is 330 g/mol. The molecular formula is C18H18O6. The summed E-state index contributed by atoms with van der Waals surface area (Å²) in [6, 6.07) is 6.43. The van der Waals surface area contributed by atoms with Crippen molar-refractivity contribution in [3.05, 3.63) is 40.2 Å². The zero-order valence-electron chi connectivity index (χ0n) is 13.4. The average Bonchev–Trinajstić information content (AvgIpc) is 2.54. The van der Waals surface area contributed by atoms with Crippen LogP contribution in [0.3, 0.4) is 0 Å². The molecule has 24 heavy (non-hydrogen) atoms. The molecule has 126 valence electrons. The van der Waals surface area contributed by atoms with Crippen molar-refractivity contribution in [2.24, 2.45) is 0 Å². The SMILES string of the molecule is Cc1cc(=O)oc2cc(OCC(=O)O[C@H]3CCCCC3=O)ccc12. The Labute approximate surface area is 138 Å². The molecule has 1 fully saturated rings. The highest BCUT2D eigenvalue weighted by Gasteiger charge is 2.25. The minimum atomic E-state index is -0.646. The van der Waals surface area contributed by atoms with Crippen molar-refractivity contribution in [1.29, 1.82) is 0 Å². The lowest BCUT2D eigenvalue weighted by Crippen LogP contribution is -2.31. The van der Waals surface area contributed by atoms with Gasteiger partial charge in [-0.2, -0.15) is 0 Å². The summed E-state index contributed by atoms with van der Waals surface area (Å²) in [5.41, 5.74) is 0.767. The van der Waals surface area contributed by atoms with Gasteiger partial charge in [0.1, 0.15) is 11.3 Å². The number of esters is 1. The first-order valence-electron chi connectivity index (χ1n) is 7.92. The van der Waals surface area contributed by atoms with E-state index < -0.39 is 17.7 Å². The Kier molecular flexibility index (Phi) is 4.64. The van der Waals surface area contributed by atoms with Gasteiger partial charge >= 0.3 is 11.6 Å². The van der Waals surface area contributed by atoms with Gasteiger partial charge in [-0.3, -0.25) is 4.79 Å². The molecule has 0 radical (unpaired) electrons. The summed E-state index contributed by atoms with van der Waals surface area (Å²) in [6.07, 6.45) is 2.12. The summed E-state index contributed by atoms with van der Waals surface area (Å²) < 4.78 is 15.7. The van der Waals surface area contributed by atoms with Gasteiger partial charge in [-0.25, -0.2) is 9.59 Å². The van der Waals surface area contributed by atoms with Crippen molar-refractivity contribution in [2.75, 3.05) is 6.61 Å². The molecule has 0 aliphatic heterocycles. The molecule has 0 N–H and O–H groups in total. The quantitative estimate of drug-likeness (QED) is 0.633. The van der Waals surface area contributed by atoms with Gasteiger partial charge in [0.2, 0.25) is 0 Å². The van der Waals surface area contributed by atoms with Crippen LogP contribution in [0.4, 0.5) is 0 Å². The van der Waals surface area contributed by atoms with Crippen LogP contribution in [0.25, 0.3) is 11.0 Å². The number of hydrogen-bond donors (Lipinski definition) is 0. The van der Waals surface area contributed by atoms with Crippen LogP contribution in [0, 0.1) is 6.92 Å². The molecule has 3 rings (SSSR count). The van der Waals surface area contributed by atoms with Crippen molar-refractivity contribution in [1.82, 2.24) is 0 Å². The van der Waals surface area contributed by atoms with E-state index >= 15 is 0 Å². The Balaban J connectivity index is 1.63. The van der Waals surface area contributed by atoms with E-state index in [9.17, 15) is 14.4 Å². The normalized spacial score (nSPS) is 17.7. The van der Waals surface area contributed by atoms with Crippen LogP contribution < -0.4 is 10.4 Å². The maximum Gasteiger partial charge on any atom is 0.344 e. The highest BCUT2D eigenvalue weighted by Crippen LogP contribution is 2.22. The first kappa shape index (κ1) is 16.2. The van der Waals surface area contributed by atoms with E-state index in [0.717, 1.165) is 23.8 Å². The topological polar surface area (TPSA) is 82.8 Å². The lowest BCUT2D eigenvalue weighted by Gasteiger charge is -2.20. The maximum absolute atomic E-state index is 11.8. The molecule has 1 atom stereocenters. The van der Waals surface area contributed by atoms with E-state index in [2.05, 4.69) is 0 Å². The molecule has 0 saturated heterocycles. The molecule has 0 amide bonds. The number of Topliss-reactive ketones (excluding diaryl/α,β-unsaturated/α-hetero) is 1. The van der Waals surface area contributed by atoms with Gasteiger partial charge in [-0.05, 0) is 43.9 Å². The highest BCUT2D eigenvalue weighted by atomic mass is 16.6. The number of fused-ring (bicyclic) bond motifs is 1. The summed E-state index contributed by atoms with van der Waals surface area (Å²) in [5.74, 6) is -0.221. The number of hydrogen-bond acceptors (Lipinski definition) is 6. The fraction of sp³-hybridized carbons (Fsp3) is 0.389. The minimum Gasteiger partial charge on any atom is -0.482 e. The zero-order chi connectivity index (χ0) is 17.1. The number of carbonyl (C=O) groups excluding carboxylic acids is 2. The van der Waals surface area contributed by atoms with E-state index in [4.69, 9.17) is 13.9 Å². The largest absolute Gasteiger partial charge is 0.482 e. The van der Waals surface area contributed by atoms with Gasteiger partial charge in [-0.15, -0.1) is 0 Å². The third-order valence-corrected chi connectivity index (χ3v) is 4.05. The van der Waals surface area contributed by atoms with Crippen LogP contribution >= 0.6 is 0 Å². The first-order valence-corrected chi connectivity index (χ1v) is 7.92. The Bertz CT molecular complexity index is 835. The third-order valence-electron chi connectivity index (χ3n) is 4.05. The van der Waals surface area contributed by atoms with Gasteiger partial charge in [0.15, 0.2) is 18.5 Å². The zero-order valence-corrected chi connectivity index (χ0v) is 13.4. The molecule has 1 saturated carbocycles. The second kappa shape index (κ2) is 6.86. The summed E-state index contributed by atoms with van der Waals surface area (Å²) in [5, 5.41) is 0.803. The van der Waals surface area contributed by atoms with Crippen LogP contribution in [-0.4, -0.2) is 24.5 Å². The predicted molar refractivity (Wildman–Crippen MR) is 86.1 cm³/mol. The molecule has 0 bridgehead atoms. The van der Waals surface area contributed by atoms with Crippen LogP contribution in [0.2, 0.25) is 0 Å². The van der Waals surface area contributed by atoms with E-state index in [0.29, 0.717) is 24.2 Å². The van der Waals surface area contributed by atoms with Crippen LogP contribution in [0.15, 0.2) is 33.5 Å². The standard InChI is InChI=1S/C18H18O6/c1-11-8-17(20)24-16-9-12(6-7-13(11)16)22-10-18(21)23-15-5-3-2-4-14(15)19/h6-9,15H,2-5,10H2,1H3/t15-/m0/s1. The number of ether oxygens (including phenoxy) is 2. The Morgan fingerprint density at radius 1 is 1.25 bits per heavy atom. The van der Waals surface area contributed by atoms with E-state index in [-0.39, 0.29) is 12.4 Å². The fourth-order valence-electron chi connectivity index (χ4n) is 2.81. The second-order valence-corrected chi connectivity index (χ2v) is 5.89. The summed E-state index contributed by atoms with van der Waals surface area (Å²) in [6.45, 7) is 1.52. The van der Waals surface area contributed by atoms with Crippen molar-refractivity contribution in [2.45, 2.75) is 38.7 Å². The molecule has 1 heterocycles. The first-order chi connectivity index (χ1) is 11.5. The third kappa shape index (κ3) is 3.64. The number of carbonyl (C=O) groups is 2. The molecule has 6 nitrogen and oxygen atoms in total. The molecular weight excluding hydrogens is 312 g/mol. The molecule has 1 aromatic heterocycles. The highest BCUT2D eigenvalue weighted by molar-refractivity contribution is 5.86. The molecule has 6 heteroatoms. The number of ketones is 1. The van der Waals surface area contributed by atoms with E-state index in [1.165, 1.54) is 6.07 Å². The van der Waals surface area contributed by atoms with E-state index in [1.54, 1.807) is 18.2 Å². The van der Waals surface area contributed by atoms with Gasteiger partial charge in [0, 0.05) is 23.9 Å². The summed E-state index contributed by atoms with van der Waals surface area (Å²) in [4.78, 5) is 34.9. The summed E-state index contributed by atoms with van der Waals surface area (Å²) in [7, 11) is 0.